The maximum atomic E-state index is 11.7. The van der Waals surface area contributed by atoms with Gasteiger partial charge in [0.2, 0.25) is 18.6 Å². The quantitative estimate of drug-likeness (QED) is 0.689. The smallest absolute Gasteiger partial charge is 0.233 e. The van der Waals surface area contributed by atoms with Crippen molar-refractivity contribution in [1.29, 1.82) is 0 Å². The van der Waals surface area contributed by atoms with Crippen molar-refractivity contribution in [2.75, 3.05) is 11.7 Å². The third-order valence-corrected chi connectivity index (χ3v) is 2.89. The molecular weight excluding hydrogens is 222 g/mol. The monoisotopic (exact) mass is 233 g/mol. The van der Waals surface area contributed by atoms with E-state index in [0.717, 1.165) is 0 Å². The molecule has 2 aliphatic rings. The van der Waals surface area contributed by atoms with Crippen molar-refractivity contribution in [3.8, 4) is 11.5 Å². The standard InChI is InChI=1S/C12H11NO4/c14-11-2-1-3-12(15)13(11)8-4-5-9-10(6-8)17-7-16-9/h4-6H,1-3,7H2. The lowest BCUT2D eigenvalue weighted by molar-refractivity contribution is -0.129. The normalized spacial score (nSPS) is 18.7. The topological polar surface area (TPSA) is 55.8 Å². The number of fused-ring (bicyclic) bond motifs is 1. The summed E-state index contributed by atoms with van der Waals surface area (Å²) < 4.78 is 10.4. The first-order valence-electron chi connectivity index (χ1n) is 5.51. The van der Waals surface area contributed by atoms with E-state index in [0.29, 0.717) is 36.4 Å². The van der Waals surface area contributed by atoms with Crippen molar-refractivity contribution in [2.24, 2.45) is 0 Å². The number of rotatable bonds is 1. The average Bonchev–Trinajstić information content (AvgIpc) is 2.76. The molecule has 0 atom stereocenters. The van der Waals surface area contributed by atoms with Crippen molar-refractivity contribution < 1.29 is 19.1 Å². The molecule has 2 amide bonds. The first kappa shape index (κ1) is 10.1. The van der Waals surface area contributed by atoms with Gasteiger partial charge in [-0.25, -0.2) is 0 Å². The molecule has 5 heteroatoms. The number of anilines is 1. The summed E-state index contributed by atoms with van der Waals surface area (Å²) in [4.78, 5) is 24.7. The first-order chi connectivity index (χ1) is 8.25. The maximum Gasteiger partial charge on any atom is 0.233 e. The minimum absolute atomic E-state index is 0.153. The van der Waals surface area contributed by atoms with Gasteiger partial charge in [0.15, 0.2) is 11.5 Å². The van der Waals surface area contributed by atoms with Gasteiger partial charge < -0.3 is 9.47 Å². The van der Waals surface area contributed by atoms with Crippen LogP contribution in [0.4, 0.5) is 5.69 Å². The van der Waals surface area contributed by atoms with Crippen LogP contribution in [0.25, 0.3) is 0 Å². The summed E-state index contributed by atoms with van der Waals surface area (Å²) in [5, 5.41) is 0. The first-order valence-corrected chi connectivity index (χ1v) is 5.51. The van der Waals surface area contributed by atoms with E-state index < -0.39 is 0 Å². The molecule has 0 spiro atoms. The van der Waals surface area contributed by atoms with E-state index in [1.54, 1.807) is 18.2 Å². The minimum atomic E-state index is -0.153. The summed E-state index contributed by atoms with van der Waals surface area (Å²) in [6.07, 6.45) is 1.47. The number of ether oxygens (including phenoxy) is 2. The van der Waals surface area contributed by atoms with Crippen LogP contribution in [0.15, 0.2) is 18.2 Å². The van der Waals surface area contributed by atoms with Gasteiger partial charge in [-0.2, -0.15) is 0 Å². The molecule has 1 fully saturated rings. The lowest BCUT2D eigenvalue weighted by atomic mass is 10.1. The lowest BCUT2D eigenvalue weighted by Crippen LogP contribution is -2.40. The predicted molar refractivity (Wildman–Crippen MR) is 58.9 cm³/mol. The van der Waals surface area contributed by atoms with Gasteiger partial charge in [0.1, 0.15) is 0 Å². The molecule has 0 bridgehead atoms. The maximum absolute atomic E-state index is 11.7. The van der Waals surface area contributed by atoms with Gasteiger partial charge in [-0.3, -0.25) is 14.5 Å². The van der Waals surface area contributed by atoms with Gasteiger partial charge in [0.05, 0.1) is 5.69 Å². The number of carbonyl (C=O) groups excluding carboxylic acids is 2. The Balaban J connectivity index is 1.97. The molecule has 5 nitrogen and oxygen atoms in total. The molecule has 1 aromatic rings. The van der Waals surface area contributed by atoms with Crippen molar-refractivity contribution in [1.82, 2.24) is 0 Å². The van der Waals surface area contributed by atoms with E-state index in [2.05, 4.69) is 0 Å². The van der Waals surface area contributed by atoms with E-state index >= 15 is 0 Å². The summed E-state index contributed by atoms with van der Waals surface area (Å²) >= 11 is 0. The van der Waals surface area contributed by atoms with Crippen LogP contribution in [0.5, 0.6) is 11.5 Å². The number of carbonyl (C=O) groups is 2. The molecule has 0 aliphatic carbocycles. The number of hydrogen-bond donors (Lipinski definition) is 0. The Kier molecular flexibility index (Phi) is 2.24. The van der Waals surface area contributed by atoms with E-state index in [-0.39, 0.29) is 18.6 Å². The van der Waals surface area contributed by atoms with Gasteiger partial charge in [-0.1, -0.05) is 0 Å². The largest absolute Gasteiger partial charge is 0.454 e. The molecule has 1 aromatic carbocycles. The van der Waals surface area contributed by atoms with Crippen molar-refractivity contribution in [2.45, 2.75) is 19.3 Å². The van der Waals surface area contributed by atoms with Crippen LogP contribution in [0, 0.1) is 0 Å². The molecule has 0 radical (unpaired) electrons. The molecule has 2 aliphatic heterocycles. The second kappa shape index (κ2) is 3.76. The fraction of sp³-hybridized carbons (Fsp3) is 0.333. The Morgan fingerprint density at radius 3 is 2.47 bits per heavy atom. The summed E-state index contributed by atoms with van der Waals surface area (Å²) in [6.45, 7) is 0.181. The SMILES string of the molecule is O=C1CCCC(=O)N1c1ccc2c(c1)OCO2. The highest BCUT2D eigenvalue weighted by molar-refractivity contribution is 6.16. The van der Waals surface area contributed by atoms with Gasteiger partial charge in [-0.15, -0.1) is 0 Å². The fourth-order valence-electron chi connectivity index (χ4n) is 2.07. The minimum Gasteiger partial charge on any atom is -0.454 e. The van der Waals surface area contributed by atoms with Gasteiger partial charge >= 0.3 is 0 Å². The van der Waals surface area contributed by atoms with Crippen LogP contribution in [0.2, 0.25) is 0 Å². The van der Waals surface area contributed by atoms with Crippen molar-refractivity contribution >= 4 is 17.5 Å². The Morgan fingerprint density at radius 1 is 1.00 bits per heavy atom. The fourth-order valence-corrected chi connectivity index (χ4v) is 2.07. The average molecular weight is 233 g/mol. The van der Waals surface area contributed by atoms with Crippen LogP contribution in [-0.4, -0.2) is 18.6 Å². The number of benzene rings is 1. The Bertz CT molecular complexity index is 481. The Hall–Kier alpha value is -2.04. The molecule has 3 rings (SSSR count). The highest BCUT2D eigenvalue weighted by atomic mass is 16.7. The Labute approximate surface area is 97.9 Å². The second-order valence-electron chi connectivity index (χ2n) is 4.01. The van der Waals surface area contributed by atoms with Crippen LogP contribution < -0.4 is 14.4 Å². The number of nitrogens with zero attached hydrogens (tertiary/aromatic N) is 1. The van der Waals surface area contributed by atoms with Crippen LogP contribution in [0.3, 0.4) is 0 Å². The third kappa shape index (κ3) is 1.63. The van der Waals surface area contributed by atoms with E-state index in [9.17, 15) is 9.59 Å². The number of hydrogen-bond acceptors (Lipinski definition) is 4. The van der Waals surface area contributed by atoms with Crippen molar-refractivity contribution in [3.05, 3.63) is 18.2 Å². The molecule has 88 valence electrons. The summed E-state index contributed by atoms with van der Waals surface area (Å²) in [6, 6.07) is 5.09. The van der Waals surface area contributed by atoms with Crippen molar-refractivity contribution in [3.63, 3.8) is 0 Å². The zero-order chi connectivity index (χ0) is 11.8. The van der Waals surface area contributed by atoms with Gasteiger partial charge in [0.25, 0.3) is 0 Å². The summed E-state index contributed by atoms with van der Waals surface area (Å²) in [5.74, 6) is 0.916. The highest BCUT2D eigenvalue weighted by Crippen LogP contribution is 2.36. The number of amides is 2. The van der Waals surface area contributed by atoms with Gasteiger partial charge in [-0.05, 0) is 18.6 Å². The molecule has 17 heavy (non-hydrogen) atoms. The summed E-state index contributed by atoms with van der Waals surface area (Å²) in [7, 11) is 0. The molecular formula is C12H11NO4. The van der Waals surface area contributed by atoms with Crippen LogP contribution >= 0.6 is 0 Å². The van der Waals surface area contributed by atoms with Crippen LogP contribution in [-0.2, 0) is 9.59 Å². The predicted octanol–water partition coefficient (Wildman–Crippen LogP) is 1.46. The Morgan fingerprint density at radius 2 is 1.71 bits per heavy atom. The summed E-state index contributed by atoms with van der Waals surface area (Å²) in [5.41, 5.74) is 0.559. The molecule has 0 saturated carbocycles. The van der Waals surface area contributed by atoms with E-state index in [1.807, 2.05) is 0 Å². The molecule has 1 saturated heterocycles. The highest BCUT2D eigenvalue weighted by Gasteiger charge is 2.28. The zero-order valence-electron chi connectivity index (χ0n) is 9.14. The molecule has 2 heterocycles. The number of piperidine rings is 1. The van der Waals surface area contributed by atoms with Crippen LogP contribution in [0.1, 0.15) is 19.3 Å². The molecule has 0 N–H and O–H groups in total. The van der Waals surface area contributed by atoms with Gasteiger partial charge in [0, 0.05) is 18.9 Å². The van der Waals surface area contributed by atoms with E-state index in [4.69, 9.17) is 9.47 Å². The van der Waals surface area contributed by atoms with E-state index in [1.165, 1.54) is 4.90 Å². The number of imide groups is 1. The third-order valence-electron chi connectivity index (χ3n) is 2.89. The second-order valence-corrected chi connectivity index (χ2v) is 4.01. The zero-order valence-corrected chi connectivity index (χ0v) is 9.14. The molecule has 0 unspecified atom stereocenters. The lowest BCUT2D eigenvalue weighted by Gasteiger charge is -2.24. The molecule has 0 aromatic heterocycles.